The second kappa shape index (κ2) is 4.80. The minimum atomic E-state index is -0.159. The number of hydrogen-bond donors (Lipinski definition) is 3. The fourth-order valence-electron chi connectivity index (χ4n) is 1.98. The molecule has 2 heterocycles. The Hall–Kier alpha value is -2.63. The van der Waals surface area contributed by atoms with Crippen LogP contribution in [0.1, 0.15) is 25.5 Å². The van der Waals surface area contributed by atoms with Gasteiger partial charge in [0.25, 0.3) is 5.56 Å². The minimum Gasteiger partial charge on any atom is -0.326 e. The van der Waals surface area contributed by atoms with E-state index in [9.17, 15) is 4.79 Å². The average Bonchev–Trinajstić information content (AvgIpc) is 2.85. The largest absolute Gasteiger partial charge is 0.326 e. The van der Waals surface area contributed by atoms with Crippen molar-refractivity contribution in [2.75, 3.05) is 5.32 Å². The van der Waals surface area contributed by atoms with Gasteiger partial charge in [-0.1, -0.05) is 13.8 Å². The standard InChI is InChI=1S/C14H15N5O/c1-8(2)11-6-13(20)18-14(17-11)16-10-4-3-9-7-15-19-12(9)5-10/h3-8H,1-2H3,(H,15,19)(H2,16,17,18,20). The molecule has 0 bridgehead atoms. The highest BCUT2D eigenvalue weighted by Crippen LogP contribution is 2.19. The summed E-state index contributed by atoms with van der Waals surface area (Å²) in [5.74, 6) is 0.646. The highest BCUT2D eigenvalue weighted by atomic mass is 16.1. The molecule has 0 radical (unpaired) electrons. The summed E-state index contributed by atoms with van der Waals surface area (Å²) >= 11 is 0. The van der Waals surface area contributed by atoms with E-state index in [0.29, 0.717) is 5.95 Å². The third-order valence-corrected chi connectivity index (χ3v) is 3.06. The number of hydrogen-bond acceptors (Lipinski definition) is 4. The van der Waals surface area contributed by atoms with Crippen molar-refractivity contribution in [1.82, 2.24) is 20.2 Å². The molecule has 6 heteroatoms. The molecule has 0 unspecified atom stereocenters. The molecule has 0 amide bonds. The third-order valence-electron chi connectivity index (χ3n) is 3.06. The summed E-state index contributed by atoms with van der Waals surface area (Å²) in [6, 6.07) is 7.31. The smallest absolute Gasteiger partial charge is 0.252 e. The number of rotatable bonds is 3. The molecule has 0 saturated carbocycles. The molecule has 0 aliphatic carbocycles. The first-order valence-electron chi connectivity index (χ1n) is 6.43. The number of aromatic amines is 2. The molecule has 0 aliphatic rings. The number of nitrogens with zero attached hydrogens (tertiary/aromatic N) is 2. The van der Waals surface area contributed by atoms with Gasteiger partial charge < -0.3 is 5.32 Å². The first-order chi connectivity index (χ1) is 9.61. The predicted octanol–water partition coefficient (Wildman–Crippen LogP) is 2.51. The second-order valence-electron chi connectivity index (χ2n) is 4.97. The van der Waals surface area contributed by atoms with Gasteiger partial charge in [-0.3, -0.25) is 14.9 Å². The van der Waals surface area contributed by atoms with Crippen LogP contribution >= 0.6 is 0 Å². The van der Waals surface area contributed by atoms with E-state index in [1.54, 1.807) is 6.20 Å². The maximum atomic E-state index is 11.6. The summed E-state index contributed by atoms with van der Waals surface area (Å²) < 4.78 is 0. The van der Waals surface area contributed by atoms with Crippen LogP contribution in [0.2, 0.25) is 0 Å². The number of fused-ring (bicyclic) bond motifs is 1. The number of H-pyrrole nitrogens is 2. The van der Waals surface area contributed by atoms with Gasteiger partial charge in [-0.25, -0.2) is 4.98 Å². The van der Waals surface area contributed by atoms with Gasteiger partial charge in [-0.15, -0.1) is 0 Å². The minimum absolute atomic E-state index is 0.159. The van der Waals surface area contributed by atoms with Gasteiger partial charge in [0.05, 0.1) is 17.4 Å². The van der Waals surface area contributed by atoms with E-state index in [0.717, 1.165) is 22.3 Å². The maximum Gasteiger partial charge on any atom is 0.252 e. The van der Waals surface area contributed by atoms with E-state index in [1.807, 2.05) is 32.0 Å². The Balaban J connectivity index is 1.95. The van der Waals surface area contributed by atoms with E-state index >= 15 is 0 Å². The lowest BCUT2D eigenvalue weighted by atomic mass is 10.1. The van der Waals surface area contributed by atoms with Gasteiger partial charge in [0.1, 0.15) is 0 Å². The molecule has 0 fully saturated rings. The van der Waals surface area contributed by atoms with Crippen molar-refractivity contribution in [2.24, 2.45) is 0 Å². The number of anilines is 2. The van der Waals surface area contributed by atoms with E-state index in [2.05, 4.69) is 25.5 Å². The molecule has 6 nitrogen and oxygen atoms in total. The van der Waals surface area contributed by atoms with Crippen molar-refractivity contribution >= 4 is 22.5 Å². The van der Waals surface area contributed by atoms with Crippen LogP contribution in [0.15, 0.2) is 35.3 Å². The number of benzene rings is 1. The first kappa shape index (κ1) is 12.4. The van der Waals surface area contributed by atoms with Crippen LogP contribution in [0.3, 0.4) is 0 Å². The first-order valence-corrected chi connectivity index (χ1v) is 6.43. The second-order valence-corrected chi connectivity index (χ2v) is 4.97. The summed E-state index contributed by atoms with van der Waals surface area (Å²) in [6.07, 6.45) is 1.76. The Bertz CT molecular complexity index is 802. The summed E-state index contributed by atoms with van der Waals surface area (Å²) in [5, 5.41) is 11.0. The zero-order valence-corrected chi connectivity index (χ0v) is 11.3. The predicted molar refractivity (Wildman–Crippen MR) is 78.3 cm³/mol. The van der Waals surface area contributed by atoms with Gasteiger partial charge in [-0.2, -0.15) is 5.10 Å². The monoisotopic (exact) mass is 269 g/mol. The fraction of sp³-hybridized carbons (Fsp3) is 0.214. The van der Waals surface area contributed by atoms with Gasteiger partial charge in [0.2, 0.25) is 5.95 Å². The molecule has 3 N–H and O–H groups in total. The number of aromatic nitrogens is 4. The van der Waals surface area contributed by atoms with Crippen LogP contribution in [0.25, 0.3) is 10.9 Å². The van der Waals surface area contributed by atoms with Crippen LogP contribution in [0.5, 0.6) is 0 Å². The fourth-order valence-corrected chi connectivity index (χ4v) is 1.98. The van der Waals surface area contributed by atoms with Gasteiger partial charge in [0.15, 0.2) is 0 Å². The van der Waals surface area contributed by atoms with Crippen LogP contribution < -0.4 is 10.9 Å². The van der Waals surface area contributed by atoms with Gasteiger partial charge >= 0.3 is 0 Å². The van der Waals surface area contributed by atoms with Gasteiger partial charge in [0, 0.05) is 17.1 Å². The molecule has 2 aromatic heterocycles. The van der Waals surface area contributed by atoms with Crippen LogP contribution in [0.4, 0.5) is 11.6 Å². The summed E-state index contributed by atoms with van der Waals surface area (Å²) in [5.41, 5.74) is 2.37. The Morgan fingerprint density at radius 3 is 2.90 bits per heavy atom. The normalized spacial score (nSPS) is 11.2. The molecule has 20 heavy (non-hydrogen) atoms. The maximum absolute atomic E-state index is 11.6. The molecule has 0 spiro atoms. The molecule has 3 rings (SSSR count). The average molecular weight is 269 g/mol. The molecule has 1 aromatic carbocycles. The highest BCUT2D eigenvalue weighted by molar-refractivity contribution is 5.82. The van der Waals surface area contributed by atoms with E-state index < -0.39 is 0 Å². The third kappa shape index (κ3) is 2.40. The Morgan fingerprint density at radius 1 is 1.25 bits per heavy atom. The SMILES string of the molecule is CC(C)c1cc(=O)[nH]c(Nc2ccc3cn[nH]c3c2)n1. The van der Waals surface area contributed by atoms with Crippen LogP contribution in [0, 0.1) is 0 Å². The van der Waals surface area contributed by atoms with Crippen molar-refractivity contribution in [3.63, 3.8) is 0 Å². The van der Waals surface area contributed by atoms with Crippen molar-refractivity contribution in [1.29, 1.82) is 0 Å². The molecular formula is C14H15N5O. The quantitative estimate of drug-likeness (QED) is 0.682. The van der Waals surface area contributed by atoms with Crippen molar-refractivity contribution in [3.05, 3.63) is 46.5 Å². The summed E-state index contributed by atoms with van der Waals surface area (Å²) in [6.45, 7) is 4.00. The lowest BCUT2D eigenvalue weighted by molar-refractivity contribution is 0.812. The van der Waals surface area contributed by atoms with Gasteiger partial charge in [-0.05, 0) is 24.1 Å². The topological polar surface area (TPSA) is 86.5 Å². The zero-order valence-electron chi connectivity index (χ0n) is 11.3. The molecule has 0 saturated heterocycles. The van der Waals surface area contributed by atoms with Crippen molar-refractivity contribution < 1.29 is 0 Å². The van der Waals surface area contributed by atoms with Crippen LogP contribution in [-0.2, 0) is 0 Å². The Morgan fingerprint density at radius 2 is 2.10 bits per heavy atom. The molecule has 0 atom stereocenters. The molecular weight excluding hydrogens is 254 g/mol. The van der Waals surface area contributed by atoms with E-state index in [-0.39, 0.29) is 11.5 Å². The Kier molecular flexibility index (Phi) is 2.98. The summed E-state index contributed by atoms with van der Waals surface area (Å²) in [4.78, 5) is 18.7. The van der Waals surface area contributed by atoms with Crippen molar-refractivity contribution in [2.45, 2.75) is 19.8 Å². The highest BCUT2D eigenvalue weighted by Gasteiger charge is 2.06. The zero-order chi connectivity index (χ0) is 14.1. The molecule has 102 valence electrons. The molecule has 3 aromatic rings. The van der Waals surface area contributed by atoms with Crippen LogP contribution in [-0.4, -0.2) is 20.2 Å². The lowest BCUT2D eigenvalue weighted by Gasteiger charge is -2.08. The number of nitrogens with one attached hydrogen (secondary N) is 3. The van der Waals surface area contributed by atoms with Crippen molar-refractivity contribution in [3.8, 4) is 0 Å². The Labute approximate surface area is 115 Å². The molecule has 0 aliphatic heterocycles. The van der Waals surface area contributed by atoms with E-state index in [4.69, 9.17) is 0 Å². The summed E-state index contributed by atoms with van der Waals surface area (Å²) in [7, 11) is 0. The lowest BCUT2D eigenvalue weighted by Crippen LogP contribution is -2.12. The van der Waals surface area contributed by atoms with E-state index in [1.165, 1.54) is 6.07 Å².